The Morgan fingerprint density at radius 2 is 1.76 bits per heavy atom. The Morgan fingerprint density at radius 1 is 1.00 bits per heavy atom. The van der Waals surface area contributed by atoms with Gasteiger partial charge in [0, 0.05) is 10.6 Å². The lowest BCUT2D eigenvalue weighted by molar-refractivity contribution is -0.123. The maximum absolute atomic E-state index is 12.8. The van der Waals surface area contributed by atoms with Crippen molar-refractivity contribution in [2.24, 2.45) is 0 Å². The van der Waals surface area contributed by atoms with Gasteiger partial charge in [0.15, 0.2) is 11.5 Å². The zero-order chi connectivity index (χ0) is 23.4. The number of nitrogens with one attached hydrogen (secondary N) is 1. The van der Waals surface area contributed by atoms with Crippen molar-refractivity contribution in [1.29, 1.82) is 0 Å². The van der Waals surface area contributed by atoms with Gasteiger partial charge in [-0.25, -0.2) is 4.79 Å². The number of hydrogen-bond acceptors (Lipinski definition) is 4. The summed E-state index contributed by atoms with van der Waals surface area (Å²) in [5.41, 5.74) is 3.76. The van der Waals surface area contributed by atoms with Crippen LogP contribution in [0.15, 0.2) is 72.4 Å². The van der Waals surface area contributed by atoms with Crippen LogP contribution in [0, 0.1) is 6.92 Å². The van der Waals surface area contributed by atoms with Crippen molar-refractivity contribution in [3.8, 4) is 11.5 Å². The number of carbonyl (C=O) groups excluding carboxylic acids is 2. The normalized spacial score (nSPS) is 14.5. The molecular formula is C26H23ClN2O4. The number of imide groups is 1. The number of methoxy groups -OCH3 is 1. The van der Waals surface area contributed by atoms with Gasteiger partial charge in [-0.05, 0) is 42.3 Å². The lowest BCUT2D eigenvalue weighted by atomic mass is 10.1. The quantitative estimate of drug-likeness (QED) is 0.380. The fraction of sp³-hybridized carbons (Fsp3) is 0.154. The van der Waals surface area contributed by atoms with Gasteiger partial charge >= 0.3 is 6.03 Å². The van der Waals surface area contributed by atoms with Crippen LogP contribution in [0.3, 0.4) is 0 Å². The highest BCUT2D eigenvalue weighted by atomic mass is 35.5. The van der Waals surface area contributed by atoms with E-state index in [1.165, 1.54) is 4.90 Å². The van der Waals surface area contributed by atoms with E-state index >= 15 is 0 Å². The van der Waals surface area contributed by atoms with Crippen LogP contribution in [0.25, 0.3) is 6.08 Å². The lowest BCUT2D eigenvalue weighted by Gasteiger charge is -2.12. The summed E-state index contributed by atoms with van der Waals surface area (Å²) in [5, 5.41) is 3.28. The number of rotatable bonds is 7. The van der Waals surface area contributed by atoms with Crippen LogP contribution in [-0.4, -0.2) is 23.9 Å². The summed E-state index contributed by atoms with van der Waals surface area (Å²) in [6.45, 7) is 2.49. The van der Waals surface area contributed by atoms with E-state index in [4.69, 9.17) is 21.1 Å². The Balaban J connectivity index is 1.49. The molecule has 1 N–H and O–H groups in total. The molecule has 4 rings (SSSR count). The van der Waals surface area contributed by atoms with E-state index in [2.05, 4.69) is 5.32 Å². The first kappa shape index (κ1) is 22.4. The number of nitrogens with zero attached hydrogens (tertiary/aromatic N) is 1. The molecule has 0 radical (unpaired) electrons. The van der Waals surface area contributed by atoms with Gasteiger partial charge in [-0.2, -0.15) is 0 Å². The third-order valence-electron chi connectivity index (χ3n) is 5.26. The SMILES string of the molecule is COc1cc(/C=C2/NC(=O)N(Cc3ccc(C)cc3)C2=O)ccc1OCc1ccccc1Cl. The first-order valence-corrected chi connectivity index (χ1v) is 10.8. The third-order valence-corrected chi connectivity index (χ3v) is 5.63. The van der Waals surface area contributed by atoms with E-state index < -0.39 is 6.03 Å². The summed E-state index contributed by atoms with van der Waals surface area (Å²) in [7, 11) is 1.54. The number of urea groups is 1. The number of halogens is 1. The highest BCUT2D eigenvalue weighted by Crippen LogP contribution is 2.30. The van der Waals surface area contributed by atoms with Crippen LogP contribution < -0.4 is 14.8 Å². The van der Waals surface area contributed by atoms with Gasteiger partial charge in [-0.15, -0.1) is 0 Å². The molecule has 0 spiro atoms. The molecule has 3 aromatic carbocycles. The Hall–Kier alpha value is -3.77. The maximum atomic E-state index is 12.8. The molecule has 3 aromatic rings. The minimum Gasteiger partial charge on any atom is -0.493 e. The summed E-state index contributed by atoms with van der Waals surface area (Å²) in [5.74, 6) is 0.672. The Morgan fingerprint density at radius 3 is 2.48 bits per heavy atom. The standard InChI is InChI=1S/C26H23ClN2O4/c1-17-7-9-18(10-8-17)15-29-25(30)22(28-26(29)31)13-19-11-12-23(24(14-19)32-2)33-16-20-5-3-4-6-21(20)27/h3-14H,15-16H2,1-2H3,(H,28,31)/b22-13+. The number of ether oxygens (including phenoxy) is 2. The second-order valence-electron chi connectivity index (χ2n) is 7.66. The molecule has 0 aromatic heterocycles. The maximum Gasteiger partial charge on any atom is 0.329 e. The summed E-state index contributed by atoms with van der Waals surface area (Å²) in [4.78, 5) is 26.4. The molecule has 0 atom stereocenters. The predicted molar refractivity (Wildman–Crippen MR) is 127 cm³/mol. The van der Waals surface area contributed by atoms with Crippen molar-refractivity contribution in [2.75, 3.05) is 7.11 Å². The topological polar surface area (TPSA) is 67.9 Å². The molecule has 0 aliphatic carbocycles. The van der Waals surface area contributed by atoms with Gasteiger partial charge in [0.25, 0.3) is 5.91 Å². The molecule has 1 heterocycles. The molecule has 33 heavy (non-hydrogen) atoms. The summed E-state index contributed by atoms with van der Waals surface area (Å²) < 4.78 is 11.3. The van der Waals surface area contributed by atoms with Crippen molar-refractivity contribution >= 4 is 29.6 Å². The first-order chi connectivity index (χ1) is 15.9. The highest BCUT2D eigenvalue weighted by Gasteiger charge is 2.33. The smallest absolute Gasteiger partial charge is 0.329 e. The van der Waals surface area contributed by atoms with Gasteiger partial charge < -0.3 is 14.8 Å². The van der Waals surface area contributed by atoms with Crippen LogP contribution >= 0.6 is 11.6 Å². The van der Waals surface area contributed by atoms with E-state index in [9.17, 15) is 9.59 Å². The minimum absolute atomic E-state index is 0.207. The lowest BCUT2D eigenvalue weighted by Crippen LogP contribution is -2.30. The van der Waals surface area contributed by atoms with Crippen LogP contribution in [0.5, 0.6) is 11.5 Å². The summed E-state index contributed by atoms with van der Waals surface area (Å²) in [6, 6.07) is 20.0. The Bertz CT molecular complexity index is 1220. The first-order valence-electron chi connectivity index (χ1n) is 10.4. The monoisotopic (exact) mass is 462 g/mol. The minimum atomic E-state index is -0.446. The molecule has 6 nitrogen and oxygen atoms in total. The van der Waals surface area contributed by atoms with Gasteiger partial charge in [0.2, 0.25) is 0 Å². The van der Waals surface area contributed by atoms with Crippen LogP contribution in [0.1, 0.15) is 22.3 Å². The zero-order valence-electron chi connectivity index (χ0n) is 18.3. The molecular weight excluding hydrogens is 440 g/mol. The van der Waals surface area contributed by atoms with E-state index in [1.807, 2.05) is 55.5 Å². The second-order valence-corrected chi connectivity index (χ2v) is 8.06. The fourth-order valence-electron chi connectivity index (χ4n) is 3.42. The van der Waals surface area contributed by atoms with Crippen molar-refractivity contribution < 1.29 is 19.1 Å². The van der Waals surface area contributed by atoms with Gasteiger partial charge in [-0.1, -0.05) is 65.7 Å². The van der Waals surface area contributed by atoms with Gasteiger partial charge in [-0.3, -0.25) is 9.69 Å². The predicted octanol–water partition coefficient (Wildman–Crippen LogP) is 5.33. The molecule has 1 saturated heterocycles. The molecule has 0 saturated carbocycles. The van der Waals surface area contributed by atoms with Crippen LogP contribution in [-0.2, 0) is 17.9 Å². The number of hydrogen-bond donors (Lipinski definition) is 1. The fourth-order valence-corrected chi connectivity index (χ4v) is 3.61. The molecule has 3 amide bonds. The average molecular weight is 463 g/mol. The van der Waals surface area contributed by atoms with Gasteiger partial charge in [0.1, 0.15) is 12.3 Å². The summed E-state index contributed by atoms with van der Waals surface area (Å²) in [6.07, 6.45) is 1.62. The number of aryl methyl sites for hydroxylation is 1. The Labute approximate surface area is 197 Å². The van der Waals surface area contributed by atoms with E-state index in [0.29, 0.717) is 28.7 Å². The number of carbonyl (C=O) groups is 2. The molecule has 0 bridgehead atoms. The van der Waals surface area contributed by atoms with Gasteiger partial charge in [0.05, 0.1) is 13.7 Å². The molecule has 7 heteroatoms. The number of benzene rings is 3. The Kier molecular flexibility index (Phi) is 6.66. The van der Waals surface area contributed by atoms with E-state index in [-0.39, 0.29) is 18.1 Å². The van der Waals surface area contributed by atoms with Crippen molar-refractivity contribution in [3.63, 3.8) is 0 Å². The average Bonchev–Trinajstić information content (AvgIpc) is 3.07. The van der Waals surface area contributed by atoms with Crippen LogP contribution in [0.2, 0.25) is 5.02 Å². The van der Waals surface area contributed by atoms with Crippen molar-refractivity contribution in [2.45, 2.75) is 20.1 Å². The molecule has 1 aliphatic heterocycles. The number of amides is 3. The van der Waals surface area contributed by atoms with Crippen molar-refractivity contribution in [1.82, 2.24) is 10.2 Å². The highest BCUT2D eigenvalue weighted by molar-refractivity contribution is 6.31. The zero-order valence-corrected chi connectivity index (χ0v) is 19.1. The van der Waals surface area contributed by atoms with E-state index in [1.54, 1.807) is 31.4 Å². The third kappa shape index (κ3) is 5.18. The molecule has 168 valence electrons. The summed E-state index contributed by atoms with van der Waals surface area (Å²) >= 11 is 6.19. The van der Waals surface area contributed by atoms with Crippen molar-refractivity contribution in [3.05, 3.63) is 99.7 Å². The molecule has 1 aliphatic rings. The van der Waals surface area contributed by atoms with Crippen LogP contribution in [0.4, 0.5) is 4.79 Å². The van der Waals surface area contributed by atoms with E-state index in [0.717, 1.165) is 16.7 Å². The molecule has 0 unspecified atom stereocenters. The largest absolute Gasteiger partial charge is 0.493 e. The second kappa shape index (κ2) is 9.79. The molecule has 1 fully saturated rings.